The lowest BCUT2D eigenvalue weighted by Gasteiger charge is -1.97. The fraction of sp³-hybridized carbons (Fsp3) is 0.250. The first-order chi connectivity index (χ1) is 6.75. The molecule has 0 aliphatic heterocycles. The van der Waals surface area contributed by atoms with Gasteiger partial charge >= 0.3 is 5.97 Å². The van der Waals surface area contributed by atoms with E-state index in [9.17, 15) is 4.79 Å². The van der Waals surface area contributed by atoms with E-state index in [2.05, 4.69) is 6.58 Å². The molecule has 0 heterocycles. The molecule has 14 heavy (non-hydrogen) atoms. The number of hydrogen-bond donors (Lipinski definition) is 0. The van der Waals surface area contributed by atoms with Crippen LogP contribution in [0.2, 0.25) is 0 Å². The highest BCUT2D eigenvalue weighted by Gasteiger charge is 2.49. The zero-order valence-corrected chi connectivity index (χ0v) is 8.07. The Morgan fingerprint density at radius 2 is 2.00 bits per heavy atom. The summed E-state index contributed by atoms with van der Waals surface area (Å²) in [6, 6.07) is 9.92. The summed E-state index contributed by atoms with van der Waals surface area (Å²) in [7, 11) is 1.41. The molecule has 2 atom stereocenters. The van der Waals surface area contributed by atoms with E-state index in [0.717, 1.165) is 11.1 Å². The molecule has 2 heteroatoms. The second kappa shape index (κ2) is 3.29. The van der Waals surface area contributed by atoms with E-state index in [0.29, 0.717) is 0 Å². The van der Waals surface area contributed by atoms with Crippen LogP contribution < -0.4 is 0 Å². The first kappa shape index (κ1) is 9.00. The minimum Gasteiger partial charge on any atom is -0.469 e. The molecule has 0 aromatic heterocycles. The van der Waals surface area contributed by atoms with Gasteiger partial charge in [0.05, 0.1) is 13.0 Å². The quantitative estimate of drug-likeness (QED) is 0.525. The third kappa shape index (κ3) is 1.33. The minimum atomic E-state index is -0.177. The summed E-state index contributed by atoms with van der Waals surface area (Å²) in [6.07, 6.45) is 0. The zero-order chi connectivity index (χ0) is 10.1. The van der Waals surface area contributed by atoms with Crippen molar-refractivity contribution in [2.45, 2.75) is 5.92 Å². The van der Waals surface area contributed by atoms with Crippen molar-refractivity contribution >= 4 is 5.97 Å². The van der Waals surface area contributed by atoms with Crippen LogP contribution in [0.15, 0.2) is 42.5 Å². The van der Waals surface area contributed by atoms with Gasteiger partial charge in [0.1, 0.15) is 0 Å². The SMILES string of the molecule is C=C1C(C(=O)OC)C1c1ccccc1. The second-order valence-corrected chi connectivity index (χ2v) is 3.46. The molecule has 1 aromatic carbocycles. The molecule has 0 spiro atoms. The van der Waals surface area contributed by atoms with Crippen molar-refractivity contribution in [1.29, 1.82) is 0 Å². The number of carbonyl (C=O) groups excluding carboxylic acids is 1. The molecule has 72 valence electrons. The molecular weight excluding hydrogens is 176 g/mol. The van der Waals surface area contributed by atoms with Gasteiger partial charge in [-0.1, -0.05) is 42.5 Å². The van der Waals surface area contributed by atoms with E-state index in [1.807, 2.05) is 30.3 Å². The number of hydrogen-bond acceptors (Lipinski definition) is 2. The average Bonchev–Trinajstić information content (AvgIpc) is 2.90. The lowest BCUT2D eigenvalue weighted by molar-refractivity contribution is -0.141. The van der Waals surface area contributed by atoms with Gasteiger partial charge in [-0.15, -0.1) is 0 Å². The fourth-order valence-corrected chi connectivity index (χ4v) is 1.80. The zero-order valence-electron chi connectivity index (χ0n) is 8.07. The molecule has 2 rings (SSSR count). The van der Waals surface area contributed by atoms with Crippen LogP contribution in [0, 0.1) is 5.92 Å². The predicted molar refractivity (Wildman–Crippen MR) is 53.8 cm³/mol. The summed E-state index contributed by atoms with van der Waals surface area (Å²) in [6.45, 7) is 3.87. The van der Waals surface area contributed by atoms with Crippen LogP contribution >= 0.6 is 0 Å². The Kier molecular flexibility index (Phi) is 2.12. The molecule has 2 nitrogen and oxygen atoms in total. The van der Waals surface area contributed by atoms with Crippen LogP contribution in [0.5, 0.6) is 0 Å². The van der Waals surface area contributed by atoms with E-state index in [-0.39, 0.29) is 17.8 Å². The molecule has 2 unspecified atom stereocenters. The lowest BCUT2D eigenvalue weighted by Crippen LogP contribution is -2.03. The monoisotopic (exact) mass is 188 g/mol. The first-order valence-corrected chi connectivity index (χ1v) is 4.57. The number of methoxy groups -OCH3 is 1. The summed E-state index contributed by atoms with van der Waals surface area (Å²) in [5.41, 5.74) is 2.11. The topological polar surface area (TPSA) is 26.3 Å². The molecule has 0 amide bonds. The molecule has 0 radical (unpaired) electrons. The maximum atomic E-state index is 11.3. The van der Waals surface area contributed by atoms with Crippen molar-refractivity contribution in [2.24, 2.45) is 5.92 Å². The largest absolute Gasteiger partial charge is 0.469 e. The molecule has 0 bridgehead atoms. The van der Waals surface area contributed by atoms with Gasteiger partial charge in [-0.2, -0.15) is 0 Å². The predicted octanol–water partition coefficient (Wildman–Crippen LogP) is 2.13. The first-order valence-electron chi connectivity index (χ1n) is 4.57. The van der Waals surface area contributed by atoms with Gasteiger partial charge in [-0.05, 0) is 5.56 Å². The smallest absolute Gasteiger partial charge is 0.313 e. The molecule has 1 saturated carbocycles. The number of ether oxygens (including phenoxy) is 1. The van der Waals surface area contributed by atoms with E-state index in [1.165, 1.54) is 7.11 Å². The molecule has 1 fully saturated rings. The standard InChI is InChI=1S/C12H12O2/c1-8-10(11(8)12(13)14-2)9-6-4-3-5-7-9/h3-7,10-11H,1H2,2H3. The van der Waals surface area contributed by atoms with Gasteiger partial charge in [0.15, 0.2) is 0 Å². The second-order valence-electron chi connectivity index (χ2n) is 3.46. The Hall–Kier alpha value is -1.57. The maximum Gasteiger partial charge on any atom is 0.313 e. The summed E-state index contributed by atoms with van der Waals surface area (Å²) in [5, 5.41) is 0. The molecule has 1 aromatic rings. The molecule has 1 aliphatic rings. The van der Waals surface area contributed by atoms with Crippen LogP contribution in [-0.2, 0) is 9.53 Å². The van der Waals surface area contributed by atoms with Crippen molar-refractivity contribution in [3.8, 4) is 0 Å². The summed E-state index contributed by atoms with van der Waals surface area (Å²) in [4.78, 5) is 11.3. The maximum absolute atomic E-state index is 11.3. The van der Waals surface area contributed by atoms with Crippen LogP contribution in [-0.4, -0.2) is 13.1 Å². The van der Waals surface area contributed by atoms with E-state index in [4.69, 9.17) is 4.74 Å². The number of rotatable bonds is 2. The lowest BCUT2D eigenvalue weighted by atomic mass is 10.1. The Bertz CT molecular complexity index is 367. The van der Waals surface area contributed by atoms with Crippen LogP contribution in [0.1, 0.15) is 11.5 Å². The Balaban J connectivity index is 2.17. The van der Waals surface area contributed by atoms with Crippen molar-refractivity contribution in [1.82, 2.24) is 0 Å². The van der Waals surface area contributed by atoms with E-state index < -0.39 is 0 Å². The van der Waals surface area contributed by atoms with Crippen molar-refractivity contribution < 1.29 is 9.53 Å². The summed E-state index contributed by atoms with van der Waals surface area (Å²) in [5.74, 6) is -0.130. The third-order valence-electron chi connectivity index (χ3n) is 2.64. The highest BCUT2D eigenvalue weighted by molar-refractivity contribution is 5.84. The summed E-state index contributed by atoms with van der Waals surface area (Å²) < 4.78 is 4.70. The Morgan fingerprint density at radius 1 is 1.36 bits per heavy atom. The fourth-order valence-electron chi connectivity index (χ4n) is 1.80. The highest BCUT2D eigenvalue weighted by atomic mass is 16.5. The van der Waals surface area contributed by atoms with Crippen LogP contribution in [0.3, 0.4) is 0 Å². The van der Waals surface area contributed by atoms with Crippen molar-refractivity contribution in [2.75, 3.05) is 7.11 Å². The van der Waals surface area contributed by atoms with Gasteiger partial charge in [0.25, 0.3) is 0 Å². The van der Waals surface area contributed by atoms with E-state index >= 15 is 0 Å². The van der Waals surface area contributed by atoms with Crippen LogP contribution in [0.25, 0.3) is 0 Å². The van der Waals surface area contributed by atoms with Gasteiger partial charge in [-0.3, -0.25) is 4.79 Å². The van der Waals surface area contributed by atoms with Gasteiger partial charge in [0, 0.05) is 5.92 Å². The minimum absolute atomic E-state index is 0.123. The molecule has 0 N–H and O–H groups in total. The normalized spacial score (nSPS) is 24.5. The third-order valence-corrected chi connectivity index (χ3v) is 2.64. The average molecular weight is 188 g/mol. The highest BCUT2D eigenvalue weighted by Crippen LogP contribution is 2.52. The van der Waals surface area contributed by atoms with Crippen LogP contribution in [0.4, 0.5) is 0 Å². The number of carbonyl (C=O) groups is 1. The van der Waals surface area contributed by atoms with Crippen molar-refractivity contribution in [3.05, 3.63) is 48.0 Å². The van der Waals surface area contributed by atoms with Gasteiger partial charge in [-0.25, -0.2) is 0 Å². The molecule has 0 saturated heterocycles. The van der Waals surface area contributed by atoms with Gasteiger partial charge < -0.3 is 4.74 Å². The van der Waals surface area contributed by atoms with Crippen molar-refractivity contribution in [3.63, 3.8) is 0 Å². The molecule has 1 aliphatic carbocycles. The Labute approximate surface area is 83.2 Å². The number of esters is 1. The molecular formula is C12H12O2. The van der Waals surface area contributed by atoms with E-state index in [1.54, 1.807) is 0 Å². The Morgan fingerprint density at radius 3 is 2.57 bits per heavy atom. The number of benzene rings is 1. The summed E-state index contributed by atoms with van der Waals surface area (Å²) >= 11 is 0. The van der Waals surface area contributed by atoms with Gasteiger partial charge in [0.2, 0.25) is 0 Å².